The first-order chi connectivity index (χ1) is 22.7. The molecule has 1 unspecified atom stereocenters. The molecule has 3 heterocycles. The van der Waals surface area contributed by atoms with Crippen LogP contribution in [0.5, 0.6) is 17.4 Å². The number of aliphatic hydroxyl groups excluding tert-OH is 1. The summed E-state index contributed by atoms with van der Waals surface area (Å²) < 4.78 is 28.7. The van der Waals surface area contributed by atoms with Crippen molar-refractivity contribution in [1.82, 2.24) is 15.2 Å². The summed E-state index contributed by atoms with van der Waals surface area (Å²) in [5.74, 6) is 1.95. The summed E-state index contributed by atoms with van der Waals surface area (Å²) >= 11 is 0. The number of nitrogens with one attached hydrogen (secondary N) is 2. The van der Waals surface area contributed by atoms with Crippen molar-refractivity contribution in [3.05, 3.63) is 54.3 Å². The van der Waals surface area contributed by atoms with Gasteiger partial charge in [0.15, 0.2) is 0 Å². The fourth-order valence-electron chi connectivity index (χ4n) is 6.82. The number of ether oxygens (including phenoxy) is 4. The Kier molecular flexibility index (Phi) is 10.3. The number of nitrogens with zero attached hydrogens (tertiary/aromatic N) is 1. The summed E-state index contributed by atoms with van der Waals surface area (Å²) in [5, 5.41) is 25.9. The molecule has 4 aromatic rings. The second-order valence-electron chi connectivity index (χ2n) is 13.4. The van der Waals surface area contributed by atoms with E-state index in [1.165, 1.54) is 0 Å². The Labute approximate surface area is 275 Å². The van der Waals surface area contributed by atoms with Gasteiger partial charge in [0, 0.05) is 61.3 Å². The second kappa shape index (κ2) is 14.6. The zero-order chi connectivity index (χ0) is 33.0. The van der Waals surface area contributed by atoms with Crippen molar-refractivity contribution in [3.63, 3.8) is 0 Å². The van der Waals surface area contributed by atoms with Crippen molar-refractivity contribution in [2.45, 2.75) is 82.8 Å². The standard InChI is InChI=1S/C36H47N3O8/c1-23-19-39(15-11-31(23)40)16-14-36(42)12-9-26(10-13-36)37-35(41)47-34-18-29-30(38-34)5-4-6-32(29)44-21-25-22-45-33-17-27(7-8-28(25)33)46-24(2)20-43-3/h4-8,17-18,22-24,26,31,38,40,42H,9-16,19-21H2,1-3H3,(H,37,41)/t23-,24?,26?,31-,36?/m0/s1. The summed E-state index contributed by atoms with van der Waals surface area (Å²) in [7, 11) is 1.65. The first kappa shape index (κ1) is 33.1. The Morgan fingerprint density at radius 2 is 2.00 bits per heavy atom. The minimum Gasteiger partial charge on any atom is -0.488 e. The van der Waals surface area contributed by atoms with Gasteiger partial charge in [-0.2, -0.15) is 0 Å². The van der Waals surface area contributed by atoms with Gasteiger partial charge in [-0.3, -0.25) is 0 Å². The average Bonchev–Trinajstić information content (AvgIpc) is 3.65. The molecule has 4 N–H and O–H groups in total. The fourth-order valence-corrected chi connectivity index (χ4v) is 6.82. The van der Waals surface area contributed by atoms with Gasteiger partial charge in [-0.1, -0.05) is 13.0 Å². The van der Waals surface area contributed by atoms with Crippen molar-refractivity contribution in [2.75, 3.05) is 33.4 Å². The third kappa shape index (κ3) is 8.21. The largest absolute Gasteiger partial charge is 0.488 e. The van der Waals surface area contributed by atoms with E-state index in [9.17, 15) is 15.0 Å². The molecule has 1 saturated carbocycles. The molecule has 2 aromatic heterocycles. The van der Waals surface area contributed by atoms with Gasteiger partial charge in [-0.15, -0.1) is 0 Å². The molecule has 11 nitrogen and oxygen atoms in total. The molecular weight excluding hydrogens is 602 g/mol. The molecular formula is C36H47N3O8. The third-order valence-corrected chi connectivity index (χ3v) is 9.63. The van der Waals surface area contributed by atoms with Crippen LogP contribution in [0.3, 0.4) is 0 Å². The predicted octanol–water partition coefficient (Wildman–Crippen LogP) is 5.76. The first-order valence-corrected chi connectivity index (χ1v) is 16.7. The van der Waals surface area contributed by atoms with Crippen LogP contribution in [0.4, 0.5) is 4.79 Å². The van der Waals surface area contributed by atoms with Crippen molar-refractivity contribution in [2.24, 2.45) is 5.92 Å². The number of carbonyl (C=O) groups excluding carboxylic acids is 1. The van der Waals surface area contributed by atoms with Crippen molar-refractivity contribution < 1.29 is 38.4 Å². The molecule has 1 amide bonds. The molecule has 1 saturated heterocycles. The van der Waals surface area contributed by atoms with Crippen LogP contribution in [0, 0.1) is 5.92 Å². The predicted molar refractivity (Wildman–Crippen MR) is 178 cm³/mol. The first-order valence-electron chi connectivity index (χ1n) is 16.7. The lowest BCUT2D eigenvalue weighted by atomic mass is 9.80. The Morgan fingerprint density at radius 1 is 1.17 bits per heavy atom. The van der Waals surface area contributed by atoms with Gasteiger partial charge in [0.1, 0.15) is 29.8 Å². The Morgan fingerprint density at radius 3 is 2.79 bits per heavy atom. The number of benzene rings is 2. The van der Waals surface area contributed by atoms with E-state index in [2.05, 4.69) is 22.1 Å². The lowest BCUT2D eigenvalue weighted by Crippen LogP contribution is -2.47. The van der Waals surface area contributed by atoms with Crippen LogP contribution >= 0.6 is 0 Å². The van der Waals surface area contributed by atoms with Gasteiger partial charge in [0.25, 0.3) is 0 Å². The van der Waals surface area contributed by atoms with Crippen LogP contribution in [-0.4, -0.2) is 83.4 Å². The number of H-pyrrole nitrogens is 1. The molecule has 47 heavy (non-hydrogen) atoms. The van der Waals surface area contributed by atoms with Gasteiger partial charge >= 0.3 is 6.09 Å². The molecule has 3 atom stereocenters. The number of methoxy groups -OCH3 is 1. The molecule has 1 aliphatic heterocycles. The molecule has 11 heteroatoms. The van der Waals surface area contributed by atoms with Crippen LogP contribution in [0.25, 0.3) is 21.9 Å². The molecule has 2 fully saturated rings. The summed E-state index contributed by atoms with van der Waals surface area (Å²) in [6, 6.07) is 13.1. The van der Waals surface area contributed by atoms with Crippen LogP contribution in [0.1, 0.15) is 57.9 Å². The van der Waals surface area contributed by atoms with E-state index in [1.54, 1.807) is 19.4 Å². The number of fused-ring (bicyclic) bond motifs is 2. The van der Waals surface area contributed by atoms with E-state index >= 15 is 0 Å². The summed E-state index contributed by atoms with van der Waals surface area (Å²) in [6.45, 7) is 7.37. The van der Waals surface area contributed by atoms with Crippen LogP contribution in [-0.2, 0) is 11.3 Å². The fraction of sp³-hybridized carbons (Fsp3) is 0.528. The number of furan rings is 1. The van der Waals surface area contributed by atoms with Gasteiger partial charge in [0.2, 0.25) is 5.88 Å². The van der Waals surface area contributed by atoms with Crippen LogP contribution in [0.15, 0.2) is 53.1 Å². The van der Waals surface area contributed by atoms with Gasteiger partial charge < -0.3 is 48.8 Å². The Balaban J connectivity index is 0.992. The molecule has 254 valence electrons. The third-order valence-electron chi connectivity index (χ3n) is 9.63. The number of hydrogen-bond acceptors (Lipinski definition) is 9. The number of piperidine rings is 1. The summed E-state index contributed by atoms with van der Waals surface area (Å²) in [6.07, 6.45) is 4.99. The number of aromatic nitrogens is 1. The Bertz CT molecular complexity index is 1640. The van der Waals surface area contributed by atoms with E-state index in [4.69, 9.17) is 23.4 Å². The van der Waals surface area contributed by atoms with Gasteiger partial charge in [0.05, 0.1) is 30.1 Å². The number of carbonyl (C=O) groups is 1. The molecule has 1 aliphatic carbocycles. The topological polar surface area (TPSA) is 139 Å². The number of aromatic amines is 1. The lowest BCUT2D eigenvalue weighted by Gasteiger charge is -2.39. The van der Waals surface area contributed by atoms with E-state index in [0.29, 0.717) is 68.3 Å². The van der Waals surface area contributed by atoms with E-state index < -0.39 is 11.7 Å². The van der Waals surface area contributed by atoms with E-state index in [-0.39, 0.29) is 24.2 Å². The maximum Gasteiger partial charge on any atom is 0.414 e. The minimum absolute atomic E-state index is 0.0580. The highest BCUT2D eigenvalue weighted by molar-refractivity contribution is 5.88. The van der Waals surface area contributed by atoms with Gasteiger partial charge in [-0.05, 0) is 75.6 Å². The number of hydrogen-bond donors (Lipinski definition) is 4. The smallest absolute Gasteiger partial charge is 0.414 e. The molecule has 2 aliphatic rings. The maximum absolute atomic E-state index is 12.8. The summed E-state index contributed by atoms with van der Waals surface area (Å²) in [4.78, 5) is 18.3. The SMILES string of the molecule is COCC(C)Oc1ccc2c(COc3cccc4[nH]c(OC(=O)NC5CCC(O)(CCN6CC[C@H](O)[C@@H](C)C6)CC5)cc34)coc2c1. The monoisotopic (exact) mass is 649 g/mol. The highest BCUT2D eigenvalue weighted by Gasteiger charge is 2.35. The van der Waals surface area contributed by atoms with Crippen LogP contribution in [0.2, 0.25) is 0 Å². The maximum atomic E-state index is 12.8. The van der Waals surface area contributed by atoms with E-state index in [1.807, 2.05) is 43.3 Å². The zero-order valence-corrected chi connectivity index (χ0v) is 27.5. The highest BCUT2D eigenvalue weighted by Crippen LogP contribution is 2.34. The lowest BCUT2D eigenvalue weighted by molar-refractivity contribution is -0.0271. The second-order valence-corrected chi connectivity index (χ2v) is 13.4. The number of likely N-dealkylation sites (tertiary alicyclic amines) is 1. The van der Waals surface area contributed by atoms with E-state index in [0.717, 1.165) is 47.9 Å². The van der Waals surface area contributed by atoms with Crippen LogP contribution < -0.4 is 19.5 Å². The quantitative estimate of drug-likeness (QED) is 0.151. The summed E-state index contributed by atoms with van der Waals surface area (Å²) in [5.41, 5.74) is 1.68. The molecule has 2 aromatic carbocycles. The van der Waals surface area contributed by atoms with Crippen molar-refractivity contribution >= 4 is 28.0 Å². The minimum atomic E-state index is -0.724. The molecule has 0 spiro atoms. The molecule has 0 bridgehead atoms. The average molecular weight is 650 g/mol. The van der Waals surface area contributed by atoms with Crippen molar-refractivity contribution in [3.8, 4) is 17.4 Å². The number of aliphatic hydroxyl groups is 2. The van der Waals surface area contributed by atoms with Crippen molar-refractivity contribution in [1.29, 1.82) is 0 Å². The Hall–Kier alpha value is -3.77. The zero-order valence-electron chi connectivity index (χ0n) is 27.5. The molecule has 6 rings (SSSR count). The highest BCUT2D eigenvalue weighted by atomic mass is 16.6. The number of amides is 1. The van der Waals surface area contributed by atoms with Gasteiger partial charge in [-0.25, -0.2) is 4.79 Å². The molecule has 0 radical (unpaired) electrons. The number of rotatable bonds is 12. The normalized spacial score (nSPS) is 24.3.